The van der Waals surface area contributed by atoms with Gasteiger partial charge in [0.15, 0.2) is 5.84 Å². The van der Waals surface area contributed by atoms with E-state index in [9.17, 15) is 4.79 Å². The van der Waals surface area contributed by atoms with Crippen LogP contribution in [0.1, 0.15) is 25.0 Å². The number of hydrogen-bond donors (Lipinski definition) is 2. The van der Waals surface area contributed by atoms with Crippen molar-refractivity contribution in [2.45, 2.75) is 20.8 Å². The second kappa shape index (κ2) is 7.55. The lowest BCUT2D eigenvalue weighted by Gasteiger charge is -2.03. The number of rotatable bonds is 2. The quantitative estimate of drug-likeness (QED) is 0.253. The first-order valence-electron chi connectivity index (χ1n) is 4.83. The molecule has 0 radical (unpaired) electrons. The topological polar surface area (TPSA) is 67.5 Å². The lowest BCUT2D eigenvalue weighted by molar-refractivity contribution is -0.108. The van der Waals surface area contributed by atoms with Gasteiger partial charge in [0.1, 0.15) is 0 Å². The molecule has 0 saturated carbocycles. The molecule has 0 saturated heterocycles. The summed E-state index contributed by atoms with van der Waals surface area (Å²) in [5, 5.41) is 5.88. The Morgan fingerprint density at radius 2 is 2.13 bits per heavy atom. The molecule has 1 rings (SSSR count). The van der Waals surface area contributed by atoms with Gasteiger partial charge in [-0.3, -0.25) is 4.79 Å². The van der Waals surface area contributed by atoms with Gasteiger partial charge >= 0.3 is 0 Å². The zero-order chi connectivity index (χ0) is 11.7. The second-order valence-electron chi connectivity index (χ2n) is 2.61. The van der Waals surface area contributed by atoms with E-state index in [0.717, 1.165) is 11.1 Å². The number of benzene rings is 1. The summed E-state index contributed by atoms with van der Waals surface area (Å²) >= 11 is 0. The summed E-state index contributed by atoms with van der Waals surface area (Å²) in [6.45, 7) is 5.96. The van der Waals surface area contributed by atoms with Crippen molar-refractivity contribution in [3.8, 4) is 0 Å². The number of carbonyl (C=O) groups is 1. The van der Waals surface area contributed by atoms with Crippen LogP contribution in [0.25, 0.3) is 0 Å². The highest BCUT2D eigenvalue weighted by Gasteiger charge is 2.00. The van der Waals surface area contributed by atoms with Crippen molar-refractivity contribution in [1.82, 2.24) is 5.32 Å². The zero-order valence-electron chi connectivity index (χ0n) is 9.32. The Kier molecular flexibility index (Phi) is 6.63. The van der Waals surface area contributed by atoms with Crippen LogP contribution in [0.4, 0.5) is 0 Å². The molecule has 0 aliphatic rings. The van der Waals surface area contributed by atoms with Crippen molar-refractivity contribution in [3.05, 3.63) is 35.4 Å². The van der Waals surface area contributed by atoms with Gasteiger partial charge in [0, 0.05) is 5.56 Å². The van der Waals surface area contributed by atoms with Gasteiger partial charge in [-0.15, -0.1) is 0 Å². The van der Waals surface area contributed by atoms with Gasteiger partial charge in [-0.05, 0) is 13.0 Å². The third-order valence-corrected chi connectivity index (χ3v) is 1.62. The normalized spacial score (nSPS) is 9.93. The Bertz CT molecular complexity index is 334. The largest absolute Gasteiger partial charge is 0.321 e. The molecular weight excluding hydrogens is 190 g/mol. The van der Waals surface area contributed by atoms with Crippen molar-refractivity contribution in [1.29, 1.82) is 0 Å². The maximum atomic E-state index is 10.2. The molecule has 0 fully saturated rings. The van der Waals surface area contributed by atoms with E-state index in [-0.39, 0.29) is 0 Å². The highest BCUT2D eigenvalue weighted by atomic mass is 16.1. The molecule has 4 nitrogen and oxygen atoms in total. The van der Waals surface area contributed by atoms with Crippen molar-refractivity contribution >= 4 is 12.2 Å². The fourth-order valence-corrected chi connectivity index (χ4v) is 1.04. The summed E-state index contributed by atoms with van der Waals surface area (Å²) in [7, 11) is 0. The van der Waals surface area contributed by atoms with Crippen LogP contribution >= 0.6 is 0 Å². The highest BCUT2D eigenvalue weighted by molar-refractivity contribution is 6.03. The monoisotopic (exact) mass is 207 g/mol. The number of hydrogen-bond acceptors (Lipinski definition) is 3. The molecule has 15 heavy (non-hydrogen) atoms. The van der Waals surface area contributed by atoms with Crippen molar-refractivity contribution < 1.29 is 4.79 Å². The molecule has 0 aromatic heterocycles. The zero-order valence-corrected chi connectivity index (χ0v) is 9.32. The highest BCUT2D eigenvalue weighted by Crippen LogP contribution is 2.03. The number of nitrogens with one attached hydrogen (secondary N) is 1. The molecule has 0 unspecified atom stereocenters. The summed E-state index contributed by atoms with van der Waals surface area (Å²) in [6.07, 6.45) is 0.550. The SMILES string of the molecule is CC.Cc1cccc(/C(=N/N)NC=O)c1. The molecule has 1 amide bonds. The van der Waals surface area contributed by atoms with Crippen LogP contribution in [0, 0.1) is 6.92 Å². The standard InChI is InChI=1S/C9H11N3O.C2H6/c1-7-3-2-4-8(5-7)9(12-10)11-6-13;1-2/h2-6H,10H2,1H3,(H,11,12,13);1-2H3. The Morgan fingerprint density at radius 1 is 1.47 bits per heavy atom. The third-order valence-electron chi connectivity index (χ3n) is 1.62. The first kappa shape index (κ1) is 13.2. The van der Waals surface area contributed by atoms with Gasteiger partial charge in [-0.1, -0.05) is 37.6 Å². The van der Waals surface area contributed by atoms with E-state index in [1.165, 1.54) is 0 Å². The van der Waals surface area contributed by atoms with E-state index in [2.05, 4.69) is 10.4 Å². The molecule has 4 heteroatoms. The molecule has 3 N–H and O–H groups in total. The van der Waals surface area contributed by atoms with Gasteiger partial charge in [0.2, 0.25) is 6.41 Å². The van der Waals surface area contributed by atoms with Crippen LogP contribution in [0.2, 0.25) is 0 Å². The van der Waals surface area contributed by atoms with Crippen LogP contribution < -0.4 is 11.2 Å². The number of amidine groups is 1. The van der Waals surface area contributed by atoms with Crippen molar-refractivity contribution in [2.24, 2.45) is 10.9 Å². The number of aryl methyl sites for hydroxylation is 1. The minimum absolute atomic E-state index is 0.374. The molecule has 0 spiro atoms. The Labute approximate surface area is 90.2 Å². The summed E-state index contributed by atoms with van der Waals surface area (Å²) in [5.74, 6) is 5.48. The summed E-state index contributed by atoms with van der Waals surface area (Å²) in [5.41, 5.74) is 1.89. The fraction of sp³-hybridized carbons (Fsp3) is 0.273. The summed E-state index contributed by atoms with van der Waals surface area (Å²) in [6, 6.07) is 7.55. The van der Waals surface area contributed by atoms with Gasteiger partial charge in [0.25, 0.3) is 0 Å². The Hall–Kier alpha value is -1.84. The lowest BCUT2D eigenvalue weighted by atomic mass is 10.1. The van der Waals surface area contributed by atoms with E-state index in [4.69, 9.17) is 5.84 Å². The summed E-state index contributed by atoms with van der Waals surface area (Å²) < 4.78 is 0. The molecule has 1 aromatic carbocycles. The number of hydrazone groups is 1. The predicted molar refractivity (Wildman–Crippen MR) is 62.5 cm³/mol. The number of nitrogens with zero attached hydrogens (tertiary/aromatic N) is 1. The maximum absolute atomic E-state index is 10.2. The maximum Gasteiger partial charge on any atom is 0.212 e. The molecule has 0 bridgehead atoms. The smallest absolute Gasteiger partial charge is 0.212 e. The van der Waals surface area contributed by atoms with E-state index >= 15 is 0 Å². The molecule has 0 atom stereocenters. The molecule has 82 valence electrons. The number of nitrogens with two attached hydrogens (primary N) is 1. The van der Waals surface area contributed by atoms with Gasteiger partial charge in [0.05, 0.1) is 0 Å². The van der Waals surface area contributed by atoms with E-state index in [0.29, 0.717) is 12.2 Å². The second-order valence-corrected chi connectivity index (χ2v) is 2.61. The summed E-state index contributed by atoms with van der Waals surface area (Å²) in [4.78, 5) is 10.2. The van der Waals surface area contributed by atoms with E-state index in [1.807, 2.05) is 45.0 Å². The molecule has 0 aliphatic carbocycles. The van der Waals surface area contributed by atoms with E-state index < -0.39 is 0 Å². The van der Waals surface area contributed by atoms with Crippen molar-refractivity contribution in [2.75, 3.05) is 0 Å². The first-order chi connectivity index (χ1) is 7.27. The van der Waals surface area contributed by atoms with E-state index in [1.54, 1.807) is 0 Å². The van der Waals surface area contributed by atoms with Crippen LogP contribution in [0.3, 0.4) is 0 Å². The Morgan fingerprint density at radius 3 is 2.60 bits per heavy atom. The lowest BCUT2D eigenvalue weighted by Crippen LogP contribution is -2.24. The molecule has 0 aliphatic heterocycles. The van der Waals surface area contributed by atoms with Crippen LogP contribution in [-0.2, 0) is 4.79 Å². The molecular formula is C11H17N3O. The first-order valence-corrected chi connectivity index (χ1v) is 4.83. The fourth-order valence-electron chi connectivity index (χ4n) is 1.04. The minimum Gasteiger partial charge on any atom is -0.321 e. The van der Waals surface area contributed by atoms with Crippen LogP contribution in [-0.4, -0.2) is 12.2 Å². The van der Waals surface area contributed by atoms with Gasteiger partial charge in [-0.2, -0.15) is 5.10 Å². The van der Waals surface area contributed by atoms with Gasteiger partial charge < -0.3 is 11.2 Å². The van der Waals surface area contributed by atoms with Crippen molar-refractivity contribution in [3.63, 3.8) is 0 Å². The van der Waals surface area contributed by atoms with Crippen LogP contribution in [0.5, 0.6) is 0 Å². The Balaban J connectivity index is 0.000000921. The minimum atomic E-state index is 0.374. The van der Waals surface area contributed by atoms with Crippen LogP contribution in [0.15, 0.2) is 29.4 Å². The predicted octanol–water partition coefficient (Wildman–Crippen LogP) is 1.39. The average molecular weight is 207 g/mol. The third kappa shape index (κ3) is 4.26. The molecule has 0 heterocycles. The average Bonchev–Trinajstić information content (AvgIpc) is 2.28. The number of carbonyl (C=O) groups excluding carboxylic acids is 1. The number of amides is 1. The molecule has 1 aromatic rings. The van der Waals surface area contributed by atoms with Gasteiger partial charge in [-0.25, -0.2) is 0 Å².